The molecule has 236 valence electrons. The van der Waals surface area contributed by atoms with Crippen LogP contribution in [0.2, 0.25) is 0 Å². The first-order chi connectivity index (χ1) is 21.0. The number of anilines is 1. The molecule has 0 aromatic heterocycles. The zero-order chi connectivity index (χ0) is 32.1. The number of hydrogen-bond donors (Lipinski definition) is 5. The van der Waals surface area contributed by atoms with Gasteiger partial charge in [0, 0.05) is 25.6 Å². The average molecular weight is 607 g/mol. The average Bonchev–Trinajstić information content (AvgIpc) is 3.50. The van der Waals surface area contributed by atoms with Crippen molar-refractivity contribution in [3.63, 3.8) is 0 Å². The van der Waals surface area contributed by atoms with Crippen LogP contribution in [0.15, 0.2) is 60.7 Å². The maximum Gasteiger partial charge on any atom is 0.247 e. The Morgan fingerprint density at radius 3 is 2.07 bits per heavy atom. The highest BCUT2D eigenvalue weighted by atomic mass is 16.2. The van der Waals surface area contributed by atoms with Gasteiger partial charge in [0.2, 0.25) is 35.4 Å². The second-order valence-corrected chi connectivity index (χ2v) is 11.2. The largest absolute Gasteiger partial charge is 0.346 e. The van der Waals surface area contributed by atoms with Crippen molar-refractivity contribution < 1.29 is 28.8 Å². The highest BCUT2D eigenvalue weighted by molar-refractivity contribution is 5.98. The van der Waals surface area contributed by atoms with Gasteiger partial charge in [-0.3, -0.25) is 28.8 Å². The molecule has 6 amide bonds. The lowest BCUT2D eigenvalue weighted by Crippen LogP contribution is -2.54. The van der Waals surface area contributed by atoms with Gasteiger partial charge in [-0.1, -0.05) is 62.4 Å². The number of amides is 6. The van der Waals surface area contributed by atoms with Crippen LogP contribution in [0.1, 0.15) is 45.6 Å². The van der Waals surface area contributed by atoms with E-state index in [9.17, 15) is 28.8 Å². The third-order valence-electron chi connectivity index (χ3n) is 7.14. The fraction of sp³-hybridized carbons (Fsp3) is 0.438. The van der Waals surface area contributed by atoms with Crippen LogP contribution < -0.4 is 26.6 Å². The zero-order valence-corrected chi connectivity index (χ0v) is 25.4. The van der Waals surface area contributed by atoms with E-state index in [1.807, 2.05) is 50.2 Å². The van der Waals surface area contributed by atoms with Crippen molar-refractivity contribution in [1.82, 2.24) is 26.2 Å². The molecule has 3 rings (SSSR count). The van der Waals surface area contributed by atoms with Crippen molar-refractivity contribution in [3.8, 4) is 0 Å². The second kappa shape index (κ2) is 16.8. The van der Waals surface area contributed by atoms with E-state index in [1.54, 1.807) is 24.3 Å². The van der Waals surface area contributed by atoms with Crippen LogP contribution in [0.25, 0.3) is 0 Å². The number of carbonyl (C=O) groups is 6. The minimum atomic E-state index is -0.902. The minimum absolute atomic E-state index is 0.0685. The first kappa shape index (κ1) is 33.8. The lowest BCUT2D eigenvalue weighted by atomic mass is 10.0. The molecule has 3 atom stereocenters. The van der Waals surface area contributed by atoms with Gasteiger partial charge in [0.25, 0.3) is 0 Å². The summed E-state index contributed by atoms with van der Waals surface area (Å²) >= 11 is 0. The fourth-order valence-electron chi connectivity index (χ4n) is 4.97. The molecule has 0 aliphatic carbocycles. The Bertz CT molecular complexity index is 1300. The Kier molecular flexibility index (Phi) is 12.9. The van der Waals surface area contributed by atoms with Crippen molar-refractivity contribution in [2.75, 3.05) is 25.0 Å². The van der Waals surface area contributed by atoms with Gasteiger partial charge in [0.05, 0.1) is 13.1 Å². The van der Waals surface area contributed by atoms with Gasteiger partial charge in [0.15, 0.2) is 0 Å². The molecule has 0 spiro atoms. The highest BCUT2D eigenvalue weighted by Gasteiger charge is 2.34. The number of hydrogen-bond acceptors (Lipinski definition) is 6. The van der Waals surface area contributed by atoms with Crippen molar-refractivity contribution in [3.05, 3.63) is 66.2 Å². The zero-order valence-electron chi connectivity index (χ0n) is 25.4. The monoisotopic (exact) mass is 606 g/mol. The summed E-state index contributed by atoms with van der Waals surface area (Å²) < 4.78 is 0. The van der Waals surface area contributed by atoms with Crippen molar-refractivity contribution in [2.24, 2.45) is 5.92 Å². The fourth-order valence-corrected chi connectivity index (χ4v) is 4.97. The van der Waals surface area contributed by atoms with Gasteiger partial charge in [-0.15, -0.1) is 0 Å². The van der Waals surface area contributed by atoms with Crippen molar-refractivity contribution in [1.29, 1.82) is 0 Å². The maximum atomic E-state index is 13.0. The van der Waals surface area contributed by atoms with E-state index in [-0.39, 0.29) is 18.2 Å². The smallest absolute Gasteiger partial charge is 0.247 e. The molecule has 1 heterocycles. The SMILES string of the molecule is CC(=O)N1CCCC1C(=O)N[C@@H](CC(C)C)C(=O)NCC(=O)NCC(=O)NC(Cc1ccccc1)C(=O)Nc1ccccc1. The molecule has 2 aromatic carbocycles. The molecule has 44 heavy (non-hydrogen) atoms. The summed E-state index contributed by atoms with van der Waals surface area (Å²) in [4.78, 5) is 77.4. The quantitative estimate of drug-likeness (QED) is 0.216. The number of para-hydroxylation sites is 1. The van der Waals surface area contributed by atoms with Crippen LogP contribution in [0.3, 0.4) is 0 Å². The molecule has 12 nitrogen and oxygen atoms in total. The first-order valence-corrected chi connectivity index (χ1v) is 14.8. The van der Waals surface area contributed by atoms with E-state index in [0.717, 1.165) is 5.56 Å². The van der Waals surface area contributed by atoms with E-state index >= 15 is 0 Å². The molecule has 1 aliphatic rings. The third-order valence-corrected chi connectivity index (χ3v) is 7.14. The molecule has 12 heteroatoms. The summed E-state index contributed by atoms with van der Waals surface area (Å²) in [6.45, 7) is 4.88. The van der Waals surface area contributed by atoms with Crippen LogP contribution in [0.4, 0.5) is 5.69 Å². The first-order valence-electron chi connectivity index (χ1n) is 14.8. The van der Waals surface area contributed by atoms with E-state index in [2.05, 4.69) is 26.6 Å². The molecule has 0 saturated carbocycles. The molecule has 5 N–H and O–H groups in total. The normalized spacial score (nSPS) is 15.5. The van der Waals surface area contributed by atoms with Crippen LogP contribution >= 0.6 is 0 Å². The number of benzene rings is 2. The Morgan fingerprint density at radius 2 is 1.43 bits per heavy atom. The molecular formula is C32H42N6O6. The Labute approximate surface area is 257 Å². The van der Waals surface area contributed by atoms with Gasteiger partial charge in [0.1, 0.15) is 18.1 Å². The summed E-state index contributed by atoms with van der Waals surface area (Å²) in [6, 6.07) is 15.7. The topological polar surface area (TPSA) is 166 Å². The van der Waals surface area contributed by atoms with Gasteiger partial charge < -0.3 is 31.5 Å². The minimum Gasteiger partial charge on any atom is -0.346 e. The van der Waals surface area contributed by atoms with E-state index in [1.165, 1.54) is 11.8 Å². The number of nitrogens with zero attached hydrogens (tertiary/aromatic N) is 1. The van der Waals surface area contributed by atoms with Crippen LogP contribution in [0, 0.1) is 5.92 Å². The summed E-state index contributed by atoms with van der Waals surface area (Å²) in [6.07, 6.45) is 1.80. The summed E-state index contributed by atoms with van der Waals surface area (Å²) in [5.74, 6) is -2.68. The molecule has 0 bridgehead atoms. The second-order valence-electron chi connectivity index (χ2n) is 11.2. The van der Waals surface area contributed by atoms with Gasteiger partial charge in [-0.05, 0) is 42.9 Å². The molecule has 2 aromatic rings. The molecular weight excluding hydrogens is 564 g/mol. The van der Waals surface area contributed by atoms with Gasteiger partial charge in [-0.25, -0.2) is 0 Å². The van der Waals surface area contributed by atoms with Crippen LogP contribution in [-0.2, 0) is 35.2 Å². The molecule has 0 radical (unpaired) electrons. The predicted octanol–water partition coefficient (Wildman–Crippen LogP) is 1.13. The number of likely N-dealkylation sites (tertiary alicyclic amines) is 1. The van der Waals surface area contributed by atoms with Gasteiger partial charge in [-0.2, -0.15) is 0 Å². The highest BCUT2D eigenvalue weighted by Crippen LogP contribution is 2.18. The lowest BCUT2D eigenvalue weighted by Gasteiger charge is -2.26. The van der Waals surface area contributed by atoms with Gasteiger partial charge >= 0.3 is 0 Å². The van der Waals surface area contributed by atoms with Crippen molar-refractivity contribution in [2.45, 2.75) is 64.6 Å². The van der Waals surface area contributed by atoms with Crippen LogP contribution in [-0.4, -0.2) is 78.1 Å². The lowest BCUT2D eigenvalue weighted by molar-refractivity contribution is -0.138. The summed E-state index contributed by atoms with van der Waals surface area (Å²) in [5, 5.41) is 13.2. The van der Waals surface area contributed by atoms with E-state index < -0.39 is 60.8 Å². The van der Waals surface area contributed by atoms with Crippen LogP contribution in [0.5, 0.6) is 0 Å². The molecule has 1 saturated heterocycles. The number of nitrogens with one attached hydrogen (secondary N) is 5. The predicted molar refractivity (Wildman–Crippen MR) is 165 cm³/mol. The number of carbonyl (C=O) groups excluding carboxylic acids is 6. The molecule has 1 aliphatic heterocycles. The third kappa shape index (κ3) is 10.8. The Balaban J connectivity index is 1.51. The van der Waals surface area contributed by atoms with E-state index in [0.29, 0.717) is 31.5 Å². The standard InChI is InChI=1S/C32H42N6O6/c1-21(2)17-25(37-32(44)27-15-10-16-38(27)22(3)39)30(42)34-19-28(40)33-20-29(41)36-26(18-23-11-6-4-7-12-23)31(43)35-24-13-8-5-9-14-24/h4-9,11-14,21,25-27H,10,15-20H2,1-3H3,(H,33,40)(H,34,42)(H,35,43)(H,36,41)(H,37,44)/t25-,26?,27?/m0/s1. The molecule has 1 fully saturated rings. The maximum absolute atomic E-state index is 13.0. The van der Waals surface area contributed by atoms with E-state index in [4.69, 9.17) is 0 Å². The Hall–Kier alpha value is -4.74. The van der Waals surface area contributed by atoms with Crippen molar-refractivity contribution >= 4 is 41.1 Å². The Morgan fingerprint density at radius 1 is 0.795 bits per heavy atom. The summed E-state index contributed by atoms with van der Waals surface area (Å²) in [5.41, 5.74) is 1.43. The molecule has 2 unspecified atom stereocenters. The summed E-state index contributed by atoms with van der Waals surface area (Å²) in [7, 11) is 0. The number of rotatable bonds is 14.